The van der Waals surface area contributed by atoms with Gasteiger partial charge in [0.1, 0.15) is 23.2 Å². The normalized spacial score (nSPS) is 18.4. The summed E-state index contributed by atoms with van der Waals surface area (Å²) in [6, 6.07) is 13.0. The lowest BCUT2D eigenvalue weighted by atomic mass is 10.1. The van der Waals surface area contributed by atoms with Crippen molar-refractivity contribution in [1.82, 2.24) is 4.90 Å². The van der Waals surface area contributed by atoms with Gasteiger partial charge in [0.2, 0.25) is 5.91 Å². The molecule has 1 aliphatic heterocycles. The smallest absolute Gasteiger partial charge is 0.326 e. The van der Waals surface area contributed by atoms with Crippen molar-refractivity contribution >= 4 is 52.1 Å². The lowest BCUT2D eigenvalue weighted by Gasteiger charge is -2.34. The van der Waals surface area contributed by atoms with Gasteiger partial charge in [-0.25, -0.2) is 4.79 Å². The number of hydrogen-bond donors (Lipinski definition) is 2. The number of aliphatic carboxylic acids is 1. The predicted octanol–water partition coefficient (Wildman–Crippen LogP) is 3.51. The molecule has 180 valence electrons. The Morgan fingerprint density at radius 3 is 2.38 bits per heavy atom. The van der Waals surface area contributed by atoms with Crippen molar-refractivity contribution in [2.45, 2.75) is 37.7 Å². The Hall–Kier alpha value is -2.98. The third-order valence-electron chi connectivity index (χ3n) is 5.41. The number of carboxylic acid groups (broad SMARTS) is 1. The lowest BCUT2D eigenvalue weighted by Crippen LogP contribution is -2.54. The molecule has 1 heterocycles. The van der Waals surface area contributed by atoms with Crippen LogP contribution < -0.4 is 4.90 Å². The number of nitrogens with zero attached hydrogens (tertiary/aromatic N) is 2. The maximum atomic E-state index is 13.8. The third-order valence-corrected chi connectivity index (χ3v) is 7.53. The first-order valence-electron chi connectivity index (χ1n) is 10.7. The molecule has 2 N–H and O–H groups in total. The number of anilines is 1. The highest BCUT2D eigenvalue weighted by molar-refractivity contribution is 8.13. The molecule has 3 rings (SSSR count). The summed E-state index contributed by atoms with van der Waals surface area (Å²) in [6.45, 7) is 2.84. The fraction of sp³-hybridized carbons (Fsp3) is 0.333. The number of rotatable bonds is 8. The van der Waals surface area contributed by atoms with E-state index in [-0.39, 0.29) is 34.7 Å². The molecule has 34 heavy (non-hydrogen) atoms. The fourth-order valence-electron chi connectivity index (χ4n) is 3.75. The standard InChI is InChI=1S/C24H26N2O6S2/c1-15(24(31)32)25(17-8-4-3-5-9-17)22(30)19-14-34-23(18-10-6-7-11-20(18)28)26(19)21(29)12-13-33-16(2)27/h3-11,15,19,23,28H,12-14H2,1-2H3,(H,31,32)/t15-,19-,23+/m0/s1. The SMILES string of the molecule is CC(=O)SCCC(=O)N1[C@@H](c2ccccc2O)SC[C@H]1C(=O)N(c1ccccc1)[C@@H](C)C(=O)O. The van der Waals surface area contributed by atoms with E-state index in [1.165, 1.54) is 41.5 Å². The Kier molecular flexibility index (Phi) is 8.62. The minimum Gasteiger partial charge on any atom is -0.508 e. The van der Waals surface area contributed by atoms with Crippen LogP contribution in [-0.2, 0) is 19.2 Å². The van der Waals surface area contributed by atoms with Gasteiger partial charge in [-0.05, 0) is 25.1 Å². The highest BCUT2D eigenvalue weighted by Crippen LogP contribution is 2.45. The molecule has 0 saturated carbocycles. The van der Waals surface area contributed by atoms with Crippen LogP contribution in [0.1, 0.15) is 31.2 Å². The van der Waals surface area contributed by atoms with Gasteiger partial charge in [-0.1, -0.05) is 48.2 Å². The van der Waals surface area contributed by atoms with Gasteiger partial charge < -0.3 is 15.1 Å². The van der Waals surface area contributed by atoms with E-state index in [0.717, 1.165) is 11.8 Å². The summed E-state index contributed by atoms with van der Waals surface area (Å²) in [5.41, 5.74) is 0.908. The second-order valence-electron chi connectivity index (χ2n) is 7.71. The van der Waals surface area contributed by atoms with E-state index in [2.05, 4.69) is 0 Å². The van der Waals surface area contributed by atoms with Crippen LogP contribution in [-0.4, -0.2) is 61.6 Å². The number of carboxylic acids is 1. The van der Waals surface area contributed by atoms with Crippen molar-refractivity contribution in [3.05, 3.63) is 60.2 Å². The summed E-state index contributed by atoms with van der Waals surface area (Å²) in [7, 11) is 0. The molecule has 1 fully saturated rings. The molecular formula is C24H26N2O6S2. The molecule has 0 aliphatic carbocycles. The van der Waals surface area contributed by atoms with E-state index in [1.807, 2.05) is 0 Å². The highest BCUT2D eigenvalue weighted by Gasteiger charge is 2.45. The molecular weight excluding hydrogens is 476 g/mol. The highest BCUT2D eigenvalue weighted by atomic mass is 32.2. The van der Waals surface area contributed by atoms with Gasteiger partial charge in [-0.3, -0.25) is 19.3 Å². The Morgan fingerprint density at radius 1 is 1.12 bits per heavy atom. The van der Waals surface area contributed by atoms with E-state index >= 15 is 0 Å². The van der Waals surface area contributed by atoms with Crippen LogP contribution in [0.3, 0.4) is 0 Å². The molecule has 0 unspecified atom stereocenters. The minimum absolute atomic E-state index is 0.00262. The fourth-order valence-corrected chi connectivity index (χ4v) is 5.79. The number of hydrogen-bond acceptors (Lipinski definition) is 7. The van der Waals surface area contributed by atoms with Gasteiger partial charge >= 0.3 is 5.97 Å². The zero-order chi connectivity index (χ0) is 24.8. The number of benzene rings is 2. The van der Waals surface area contributed by atoms with Crippen LogP contribution in [0.15, 0.2) is 54.6 Å². The molecule has 1 aliphatic rings. The molecule has 2 amide bonds. The van der Waals surface area contributed by atoms with Crippen molar-refractivity contribution in [2.24, 2.45) is 0 Å². The maximum absolute atomic E-state index is 13.8. The summed E-state index contributed by atoms with van der Waals surface area (Å²) in [6.07, 6.45) is 0.0263. The van der Waals surface area contributed by atoms with Gasteiger partial charge in [-0.2, -0.15) is 0 Å². The molecule has 8 nitrogen and oxygen atoms in total. The van der Waals surface area contributed by atoms with Gasteiger partial charge in [0.05, 0.1) is 0 Å². The van der Waals surface area contributed by atoms with E-state index in [1.54, 1.807) is 48.5 Å². The van der Waals surface area contributed by atoms with Gasteiger partial charge in [0.15, 0.2) is 5.12 Å². The van der Waals surface area contributed by atoms with E-state index in [9.17, 15) is 29.4 Å². The van der Waals surface area contributed by atoms with Crippen LogP contribution >= 0.6 is 23.5 Å². The predicted molar refractivity (Wildman–Crippen MR) is 133 cm³/mol. The average molecular weight is 503 g/mol. The average Bonchev–Trinajstić information content (AvgIpc) is 3.25. The molecule has 10 heteroatoms. The van der Waals surface area contributed by atoms with E-state index < -0.39 is 29.3 Å². The summed E-state index contributed by atoms with van der Waals surface area (Å²) >= 11 is 2.36. The van der Waals surface area contributed by atoms with Crippen molar-refractivity contribution in [1.29, 1.82) is 0 Å². The zero-order valence-electron chi connectivity index (χ0n) is 18.8. The number of amides is 2. The van der Waals surface area contributed by atoms with Crippen LogP contribution in [0.4, 0.5) is 5.69 Å². The monoisotopic (exact) mass is 502 g/mol. The minimum atomic E-state index is -1.17. The first-order valence-corrected chi connectivity index (χ1v) is 12.7. The topological polar surface area (TPSA) is 115 Å². The number of para-hydroxylation sites is 2. The van der Waals surface area contributed by atoms with Crippen molar-refractivity contribution in [3.63, 3.8) is 0 Å². The van der Waals surface area contributed by atoms with E-state index in [0.29, 0.717) is 11.3 Å². The molecule has 2 aromatic rings. The molecule has 0 spiro atoms. The van der Waals surface area contributed by atoms with Crippen LogP contribution in [0.25, 0.3) is 0 Å². The summed E-state index contributed by atoms with van der Waals surface area (Å²) in [4.78, 5) is 52.9. The number of carbonyl (C=O) groups is 4. The molecule has 0 bridgehead atoms. The van der Waals surface area contributed by atoms with Gasteiger partial charge in [0.25, 0.3) is 5.91 Å². The van der Waals surface area contributed by atoms with E-state index in [4.69, 9.17) is 0 Å². The Labute approximate surface area is 206 Å². The maximum Gasteiger partial charge on any atom is 0.326 e. The third kappa shape index (κ3) is 5.74. The molecule has 3 atom stereocenters. The summed E-state index contributed by atoms with van der Waals surface area (Å²) in [5, 5.41) is 19.4. The number of thioether (sulfide) groups is 2. The second-order valence-corrected chi connectivity index (χ2v) is 10.1. The molecule has 0 aromatic heterocycles. The summed E-state index contributed by atoms with van der Waals surface area (Å²) in [5.74, 6) is -1.53. The van der Waals surface area contributed by atoms with Crippen LogP contribution in [0, 0.1) is 0 Å². The number of carbonyl (C=O) groups excluding carboxylic acids is 3. The Morgan fingerprint density at radius 2 is 1.76 bits per heavy atom. The first kappa shape index (κ1) is 25.6. The Balaban J connectivity index is 1.98. The zero-order valence-corrected chi connectivity index (χ0v) is 20.4. The first-order chi connectivity index (χ1) is 16.2. The second kappa shape index (κ2) is 11.4. The number of phenolic OH excluding ortho intramolecular Hbond substituents is 1. The molecule has 2 aromatic carbocycles. The number of aromatic hydroxyl groups is 1. The number of phenols is 1. The lowest BCUT2D eigenvalue weighted by molar-refractivity contribution is -0.141. The van der Waals surface area contributed by atoms with Gasteiger partial charge in [0, 0.05) is 36.1 Å². The molecule has 0 radical (unpaired) electrons. The van der Waals surface area contributed by atoms with Crippen LogP contribution in [0.5, 0.6) is 5.75 Å². The summed E-state index contributed by atoms with van der Waals surface area (Å²) < 4.78 is 0. The molecule has 1 saturated heterocycles. The van der Waals surface area contributed by atoms with Crippen molar-refractivity contribution in [2.75, 3.05) is 16.4 Å². The quantitative estimate of drug-likeness (QED) is 0.564. The Bertz CT molecular complexity index is 1060. The largest absolute Gasteiger partial charge is 0.508 e. The van der Waals surface area contributed by atoms with Crippen molar-refractivity contribution < 1.29 is 29.4 Å². The van der Waals surface area contributed by atoms with Crippen molar-refractivity contribution in [3.8, 4) is 5.75 Å². The van der Waals surface area contributed by atoms with Gasteiger partial charge in [-0.15, -0.1) is 11.8 Å². The van der Waals surface area contributed by atoms with Crippen LogP contribution in [0.2, 0.25) is 0 Å².